The van der Waals surface area contributed by atoms with E-state index in [1.54, 1.807) is 18.2 Å². The number of anilines is 1. The van der Waals surface area contributed by atoms with Gasteiger partial charge in [-0.2, -0.15) is 0 Å². The van der Waals surface area contributed by atoms with Crippen LogP contribution in [0.15, 0.2) is 82.9 Å². The van der Waals surface area contributed by atoms with Crippen molar-refractivity contribution in [2.75, 3.05) is 11.8 Å². The molecule has 0 saturated heterocycles. The predicted molar refractivity (Wildman–Crippen MR) is 119 cm³/mol. The second-order valence-corrected chi connectivity index (χ2v) is 8.21. The lowest BCUT2D eigenvalue weighted by Gasteiger charge is -2.08. The van der Waals surface area contributed by atoms with Gasteiger partial charge < -0.3 is 9.84 Å². The Kier molecular flexibility index (Phi) is 5.50. The lowest BCUT2D eigenvalue weighted by molar-refractivity contribution is 0.397. The molecule has 0 bridgehead atoms. The number of nitrogens with one attached hydrogen (secondary N) is 1. The van der Waals surface area contributed by atoms with E-state index in [0.29, 0.717) is 11.3 Å². The number of sulfonamides is 1. The molecule has 2 N–H and O–H groups in total. The summed E-state index contributed by atoms with van der Waals surface area (Å²) < 4.78 is 32.5. The minimum absolute atomic E-state index is 0.0533. The Hall–Kier alpha value is -3.98. The zero-order valence-electron chi connectivity index (χ0n) is 16.4. The first-order valence-electron chi connectivity index (χ1n) is 9.20. The maximum atomic E-state index is 12.6. The Labute approximate surface area is 179 Å². The summed E-state index contributed by atoms with van der Waals surface area (Å²) in [5.41, 5.74) is 1.10. The number of aromatic nitrogens is 2. The van der Waals surface area contributed by atoms with Crippen LogP contribution in [-0.2, 0) is 10.0 Å². The van der Waals surface area contributed by atoms with Crippen molar-refractivity contribution in [1.82, 2.24) is 9.97 Å². The molecule has 1 aromatic heterocycles. The van der Waals surface area contributed by atoms with Gasteiger partial charge in [0.25, 0.3) is 10.0 Å². The predicted octanol–water partition coefficient (Wildman–Crippen LogP) is 3.90. The number of methoxy groups -OCH3 is 1. The van der Waals surface area contributed by atoms with Crippen LogP contribution in [0.5, 0.6) is 11.6 Å². The number of hydrogen-bond donors (Lipinski definition) is 2. The zero-order chi connectivity index (χ0) is 21.8. The Balaban J connectivity index is 1.53. The third kappa shape index (κ3) is 4.46. The number of benzene rings is 3. The van der Waals surface area contributed by atoms with Crippen LogP contribution >= 0.6 is 0 Å². The molecule has 9 heteroatoms. The van der Waals surface area contributed by atoms with E-state index >= 15 is 0 Å². The maximum Gasteiger partial charge on any atom is 0.263 e. The van der Waals surface area contributed by atoms with Crippen molar-refractivity contribution in [2.24, 2.45) is 4.99 Å². The second kappa shape index (κ2) is 8.41. The lowest BCUT2D eigenvalue weighted by atomic mass is 10.1. The molecule has 3 aromatic carbocycles. The third-order valence-corrected chi connectivity index (χ3v) is 5.89. The van der Waals surface area contributed by atoms with Crippen molar-refractivity contribution in [3.8, 4) is 11.6 Å². The number of phenols is 1. The average molecular weight is 434 g/mol. The minimum atomic E-state index is -3.84. The van der Waals surface area contributed by atoms with E-state index in [2.05, 4.69) is 19.7 Å². The molecule has 8 nitrogen and oxygen atoms in total. The quantitative estimate of drug-likeness (QED) is 0.445. The number of aliphatic imine (C=N–C) groups is 1. The van der Waals surface area contributed by atoms with Crippen LogP contribution in [0.4, 0.5) is 11.5 Å². The summed E-state index contributed by atoms with van der Waals surface area (Å²) in [6.07, 6.45) is 2.74. The summed E-state index contributed by atoms with van der Waals surface area (Å²) in [5, 5.41) is 12.1. The van der Waals surface area contributed by atoms with Gasteiger partial charge in [-0.25, -0.2) is 18.4 Å². The SMILES string of the molecule is COc1cc(NS(=O)(=O)c2ccc(N=Cc3ccc4ccccc4c3O)cc2)ncn1. The molecule has 0 amide bonds. The molecule has 1 heterocycles. The van der Waals surface area contributed by atoms with Crippen molar-refractivity contribution >= 4 is 38.5 Å². The van der Waals surface area contributed by atoms with Gasteiger partial charge in [-0.05, 0) is 35.7 Å². The van der Waals surface area contributed by atoms with Gasteiger partial charge >= 0.3 is 0 Å². The summed E-state index contributed by atoms with van der Waals surface area (Å²) in [6.45, 7) is 0. The van der Waals surface area contributed by atoms with E-state index in [4.69, 9.17) is 4.74 Å². The third-order valence-electron chi connectivity index (χ3n) is 4.52. The molecule has 4 rings (SSSR count). The fourth-order valence-corrected chi connectivity index (χ4v) is 3.93. The lowest BCUT2D eigenvalue weighted by Crippen LogP contribution is -2.14. The first-order chi connectivity index (χ1) is 15.0. The number of phenolic OH excluding ortho intramolecular Hbond substituents is 1. The topological polar surface area (TPSA) is 114 Å². The van der Waals surface area contributed by atoms with Crippen molar-refractivity contribution in [3.63, 3.8) is 0 Å². The van der Waals surface area contributed by atoms with Crippen molar-refractivity contribution in [2.45, 2.75) is 4.90 Å². The minimum Gasteiger partial charge on any atom is -0.507 e. The molecule has 0 aliphatic rings. The molecule has 0 spiro atoms. The van der Waals surface area contributed by atoms with E-state index in [1.807, 2.05) is 30.3 Å². The first-order valence-corrected chi connectivity index (χ1v) is 10.7. The molecule has 0 aliphatic carbocycles. The summed E-state index contributed by atoms with van der Waals surface area (Å²) in [4.78, 5) is 12.1. The number of nitrogens with zero attached hydrogens (tertiary/aromatic N) is 3. The fourth-order valence-electron chi connectivity index (χ4n) is 2.94. The monoisotopic (exact) mass is 434 g/mol. The normalized spacial score (nSPS) is 11.6. The van der Waals surface area contributed by atoms with Gasteiger partial charge in [0.1, 0.15) is 17.9 Å². The summed E-state index contributed by atoms with van der Waals surface area (Å²) >= 11 is 0. The average Bonchev–Trinajstić information content (AvgIpc) is 2.79. The van der Waals surface area contributed by atoms with Crippen LogP contribution in [0.1, 0.15) is 5.56 Å². The summed E-state index contributed by atoms with van der Waals surface area (Å²) in [7, 11) is -2.41. The summed E-state index contributed by atoms with van der Waals surface area (Å²) in [5.74, 6) is 0.487. The Bertz CT molecular complexity index is 1370. The highest BCUT2D eigenvalue weighted by Gasteiger charge is 2.15. The number of ether oxygens (including phenoxy) is 1. The van der Waals surface area contributed by atoms with Gasteiger partial charge in [0, 0.05) is 23.2 Å². The number of rotatable bonds is 6. The Morgan fingerprint density at radius 3 is 2.58 bits per heavy atom. The molecule has 0 aliphatic heterocycles. The molecule has 31 heavy (non-hydrogen) atoms. The van der Waals surface area contributed by atoms with Gasteiger partial charge in [-0.3, -0.25) is 9.71 Å². The molecule has 0 saturated carbocycles. The largest absolute Gasteiger partial charge is 0.507 e. The molecule has 0 radical (unpaired) electrons. The van der Waals surface area contributed by atoms with E-state index < -0.39 is 10.0 Å². The van der Waals surface area contributed by atoms with Crippen molar-refractivity contribution in [3.05, 3.63) is 78.6 Å². The van der Waals surface area contributed by atoms with Crippen LogP contribution in [-0.4, -0.2) is 36.8 Å². The van der Waals surface area contributed by atoms with Crippen molar-refractivity contribution in [1.29, 1.82) is 0 Å². The van der Waals surface area contributed by atoms with Gasteiger partial charge in [-0.15, -0.1) is 0 Å². The first kappa shape index (κ1) is 20.3. The highest BCUT2D eigenvalue weighted by atomic mass is 32.2. The molecule has 4 aromatic rings. The zero-order valence-corrected chi connectivity index (χ0v) is 17.2. The van der Waals surface area contributed by atoms with E-state index in [1.165, 1.54) is 37.9 Å². The smallest absolute Gasteiger partial charge is 0.263 e. The molecule has 0 fully saturated rings. The highest BCUT2D eigenvalue weighted by molar-refractivity contribution is 7.92. The van der Waals surface area contributed by atoms with Crippen LogP contribution in [0.2, 0.25) is 0 Å². The Morgan fingerprint density at radius 1 is 1.03 bits per heavy atom. The van der Waals surface area contributed by atoms with Crippen LogP contribution < -0.4 is 9.46 Å². The van der Waals surface area contributed by atoms with Gasteiger partial charge in [0.2, 0.25) is 5.88 Å². The van der Waals surface area contributed by atoms with Crippen LogP contribution in [0.3, 0.4) is 0 Å². The molecule has 156 valence electrons. The molecular formula is C22H18N4O4S. The second-order valence-electron chi connectivity index (χ2n) is 6.53. The highest BCUT2D eigenvalue weighted by Crippen LogP contribution is 2.28. The van der Waals surface area contributed by atoms with Crippen LogP contribution in [0, 0.1) is 0 Å². The number of aromatic hydroxyl groups is 1. The molecule has 0 unspecified atom stereocenters. The van der Waals surface area contributed by atoms with E-state index in [9.17, 15) is 13.5 Å². The Morgan fingerprint density at radius 2 is 1.81 bits per heavy atom. The van der Waals surface area contributed by atoms with Crippen molar-refractivity contribution < 1.29 is 18.3 Å². The van der Waals surface area contributed by atoms with E-state index in [0.717, 1.165) is 10.8 Å². The van der Waals surface area contributed by atoms with Gasteiger partial charge in [0.15, 0.2) is 0 Å². The maximum absolute atomic E-state index is 12.6. The standard InChI is InChI=1S/C22H18N4O4S/c1-30-21-12-20(24-14-25-21)26-31(28,29)18-10-8-17(9-11-18)23-13-16-7-6-15-4-2-3-5-19(15)22(16)27/h2-14,27H,1H3,(H,24,25,26). The number of fused-ring (bicyclic) bond motifs is 1. The van der Waals surface area contributed by atoms with Gasteiger partial charge in [-0.1, -0.05) is 30.3 Å². The fraction of sp³-hybridized carbons (Fsp3) is 0.0455. The molecular weight excluding hydrogens is 416 g/mol. The summed E-state index contributed by atoms with van der Waals surface area (Å²) in [6, 6.07) is 18.6. The number of hydrogen-bond acceptors (Lipinski definition) is 7. The van der Waals surface area contributed by atoms with Crippen LogP contribution in [0.25, 0.3) is 10.8 Å². The van der Waals surface area contributed by atoms with E-state index in [-0.39, 0.29) is 22.3 Å². The molecule has 0 atom stereocenters. The van der Waals surface area contributed by atoms with Gasteiger partial charge in [0.05, 0.1) is 17.7 Å².